The van der Waals surface area contributed by atoms with Crippen molar-refractivity contribution in [1.82, 2.24) is 0 Å². The zero-order chi connectivity index (χ0) is 13.2. The number of hydrogen-bond donors (Lipinski definition) is 1. The summed E-state index contributed by atoms with van der Waals surface area (Å²) in [6.45, 7) is 3.23. The third-order valence-corrected chi connectivity index (χ3v) is 2.70. The minimum absolute atomic E-state index is 0.000278. The lowest BCUT2D eigenvalue weighted by atomic mass is 9.93. The van der Waals surface area contributed by atoms with Crippen molar-refractivity contribution in [3.8, 4) is 0 Å². The third kappa shape index (κ3) is 3.12. The monoisotopic (exact) mass is 265 g/mol. The molecule has 0 fully saturated rings. The fourth-order valence-electron chi connectivity index (χ4n) is 1.57. The maximum Gasteiger partial charge on any atom is 0.402 e. The van der Waals surface area contributed by atoms with Crippen LogP contribution in [0.3, 0.4) is 0 Å². The maximum atomic E-state index is 12.9. The van der Waals surface area contributed by atoms with Gasteiger partial charge in [-0.3, -0.25) is 0 Å². The van der Waals surface area contributed by atoms with Gasteiger partial charge in [-0.25, -0.2) is 0 Å². The second-order valence-corrected chi connectivity index (χ2v) is 4.14. The van der Waals surface area contributed by atoms with Crippen LogP contribution in [0.25, 0.3) is 0 Å². The van der Waals surface area contributed by atoms with Crippen molar-refractivity contribution in [1.29, 1.82) is 0 Å². The average molecular weight is 266 g/mol. The SMILES string of the molecule is Cc1ccc(C)c([C@@H](/C(Cl)=N/O)C(F)(F)F)c1. The molecular weight excluding hydrogens is 255 g/mol. The summed E-state index contributed by atoms with van der Waals surface area (Å²) < 4.78 is 38.6. The number of hydrogen-bond acceptors (Lipinski definition) is 2. The molecule has 2 nitrogen and oxygen atoms in total. The van der Waals surface area contributed by atoms with Gasteiger partial charge in [-0.1, -0.05) is 40.5 Å². The van der Waals surface area contributed by atoms with Crippen molar-refractivity contribution in [3.63, 3.8) is 0 Å². The van der Waals surface area contributed by atoms with Crippen LogP contribution in [0, 0.1) is 13.8 Å². The van der Waals surface area contributed by atoms with E-state index >= 15 is 0 Å². The van der Waals surface area contributed by atoms with E-state index in [4.69, 9.17) is 16.8 Å². The lowest BCUT2D eigenvalue weighted by Gasteiger charge is -2.20. The molecule has 0 amide bonds. The van der Waals surface area contributed by atoms with Crippen LogP contribution in [0.15, 0.2) is 23.4 Å². The Morgan fingerprint density at radius 1 is 1.35 bits per heavy atom. The molecule has 0 aliphatic carbocycles. The van der Waals surface area contributed by atoms with Gasteiger partial charge in [-0.15, -0.1) is 0 Å². The Bertz CT molecular complexity index is 443. The fraction of sp³-hybridized carbons (Fsp3) is 0.364. The molecule has 6 heteroatoms. The van der Waals surface area contributed by atoms with Crippen molar-refractivity contribution in [2.75, 3.05) is 0 Å². The van der Waals surface area contributed by atoms with Crippen LogP contribution in [-0.4, -0.2) is 16.6 Å². The number of nitrogens with zero attached hydrogens (tertiary/aromatic N) is 1. The second-order valence-electron chi connectivity index (χ2n) is 3.76. The zero-order valence-electron chi connectivity index (χ0n) is 9.22. The first-order valence-electron chi connectivity index (χ1n) is 4.78. The van der Waals surface area contributed by atoms with Crippen LogP contribution < -0.4 is 0 Å². The first-order valence-corrected chi connectivity index (χ1v) is 5.16. The van der Waals surface area contributed by atoms with Gasteiger partial charge in [-0.05, 0) is 25.0 Å². The van der Waals surface area contributed by atoms with Crippen LogP contribution in [0.4, 0.5) is 13.2 Å². The zero-order valence-corrected chi connectivity index (χ0v) is 9.97. The fourth-order valence-corrected chi connectivity index (χ4v) is 1.81. The van der Waals surface area contributed by atoms with Crippen LogP contribution in [-0.2, 0) is 0 Å². The highest BCUT2D eigenvalue weighted by Crippen LogP contribution is 2.38. The number of halogens is 4. The number of benzene rings is 1. The second kappa shape index (κ2) is 4.96. The number of rotatable bonds is 2. The van der Waals surface area contributed by atoms with E-state index in [1.54, 1.807) is 26.0 Å². The molecule has 0 unspecified atom stereocenters. The largest absolute Gasteiger partial charge is 0.410 e. The van der Waals surface area contributed by atoms with Gasteiger partial charge in [0.15, 0.2) is 5.17 Å². The van der Waals surface area contributed by atoms with Gasteiger partial charge in [0, 0.05) is 0 Å². The van der Waals surface area contributed by atoms with Gasteiger partial charge in [0.2, 0.25) is 0 Å². The van der Waals surface area contributed by atoms with Crippen molar-refractivity contribution < 1.29 is 18.4 Å². The highest BCUT2D eigenvalue weighted by Gasteiger charge is 2.45. The van der Waals surface area contributed by atoms with Crippen LogP contribution in [0.2, 0.25) is 0 Å². The predicted molar refractivity (Wildman–Crippen MR) is 59.8 cm³/mol. The summed E-state index contributed by atoms with van der Waals surface area (Å²) in [7, 11) is 0. The van der Waals surface area contributed by atoms with E-state index in [0.717, 1.165) is 0 Å². The Balaban J connectivity index is 3.37. The van der Waals surface area contributed by atoms with Gasteiger partial charge >= 0.3 is 6.18 Å². The Hall–Kier alpha value is -1.23. The lowest BCUT2D eigenvalue weighted by Crippen LogP contribution is -2.26. The van der Waals surface area contributed by atoms with E-state index in [2.05, 4.69) is 5.16 Å². The molecule has 0 spiro atoms. The third-order valence-electron chi connectivity index (χ3n) is 2.41. The molecule has 1 N–H and O–H groups in total. The summed E-state index contributed by atoms with van der Waals surface area (Å²) in [5.41, 5.74) is 1.13. The molecule has 0 bridgehead atoms. The Morgan fingerprint density at radius 2 is 1.94 bits per heavy atom. The van der Waals surface area contributed by atoms with Gasteiger partial charge < -0.3 is 5.21 Å². The molecule has 94 valence electrons. The van der Waals surface area contributed by atoms with E-state index in [0.29, 0.717) is 11.1 Å². The van der Waals surface area contributed by atoms with E-state index < -0.39 is 17.3 Å². The molecule has 17 heavy (non-hydrogen) atoms. The topological polar surface area (TPSA) is 32.6 Å². The lowest BCUT2D eigenvalue weighted by molar-refractivity contribution is -0.134. The smallest absolute Gasteiger partial charge is 0.402 e. The summed E-state index contributed by atoms with van der Waals surface area (Å²) in [5.74, 6) is -2.09. The average Bonchev–Trinajstić information content (AvgIpc) is 2.21. The highest BCUT2D eigenvalue weighted by atomic mass is 35.5. The van der Waals surface area contributed by atoms with E-state index in [9.17, 15) is 13.2 Å². The summed E-state index contributed by atoms with van der Waals surface area (Å²) in [6.07, 6.45) is -4.60. The molecule has 0 aliphatic rings. The van der Waals surface area contributed by atoms with Crippen LogP contribution >= 0.6 is 11.6 Å². The normalized spacial score (nSPS) is 14.8. The first kappa shape index (κ1) is 13.8. The highest BCUT2D eigenvalue weighted by molar-refractivity contribution is 6.66. The number of aryl methyl sites for hydroxylation is 2. The van der Waals surface area contributed by atoms with Gasteiger partial charge in [0.1, 0.15) is 5.92 Å². The summed E-state index contributed by atoms with van der Waals surface area (Å²) in [4.78, 5) is 0. The Kier molecular flexibility index (Phi) is 4.03. The molecule has 1 atom stereocenters. The summed E-state index contributed by atoms with van der Waals surface area (Å²) in [6, 6.07) is 4.67. The molecule has 1 aromatic carbocycles. The first-order chi connectivity index (χ1) is 7.77. The number of alkyl halides is 3. The molecule has 0 saturated carbocycles. The maximum absolute atomic E-state index is 12.9. The Morgan fingerprint density at radius 3 is 2.41 bits per heavy atom. The molecule has 0 heterocycles. The van der Waals surface area contributed by atoms with Crippen molar-refractivity contribution >= 4 is 16.8 Å². The molecule has 1 aromatic rings. The minimum atomic E-state index is -4.60. The summed E-state index contributed by atoms with van der Waals surface area (Å²) >= 11 is 5.35. The predicted octanol–water partition coefficient (Wildman–Crippen LogP) is 3.98. The van der Waals surface area contributed by atoms with E-state index in [1.165, 1.54) is 6.07 Å². The molecule has 0 radical (unpaired) electrons. The standard InChI is InChI=1S/C11H11ClF3NO/c1-6-3-4-7(2)8(5-6)9(10(12)16-17)11(13,14)15/h3-5,9,17H,1-2H3/b16-10-/t9-/m0/s1. The van der Waals surface area contributed by atoms with Crippen molar-refractivity contribution in [2.24, 2.45) is 5.16 Å². The van der Waals surface area contributed by atoms with Gasteiger partial charge in [0.05, 0.1) is 0 Å². The van der Waals surface area contributed by atoms with Crippen molar-refractivity contribution in [2.45, 2.75) is 25.9 Å². The molecular formula is C11H11ClF3NO. The molecule has 0 aliphatic heterocycles. The van der Waals surface area contributed by atoms with Crippen LogP contribution in [0.5, 0.6) is 0 Å². The minimum Gasteiger partial charge on any atom is -0.410 e. The van der Waals surface area contributed by atoms with E-state index in [1.807, 2.05) is 0 Å². The summed E-state index contributed by atoms with van der Waals surface area (Å²) in [5, 5.41) is 10.0. The quantitative estimate of drug-likeness (QED) is 0.490. The van der Waals surface area contributed by atoms with Gasteiger partial charge in [0.25, 0.3) is 0 Å². The van der Waals surface area contributed by atoms with Gasteiger partial charge in [-0.2, -0.15) is 13.2 Å². The van der Waals surface area contributed by atoms with Crippen LogP contribution in [0.1, 0.15) is 22.6 Å². The molecule has 0 saturated heterocycles. The number of oxime groups is 1. The van der Waals surface area contributed by atoms with E-state index in [-0.39, 0.29) is 5.56 Å². The Labute approximate surface area is 102 Å². The molecule has 0 aromatic heterocycles. The van der Waals surface area contributed by atoms with Crippen molar-refractivity contribution in [3.05, 3.63) is 34.9 Å². The molecule has 1 rings (SSSR count).